The minimum atomic E-state index is -0.268. The first kappa shape index (κ1) is 15.8. The Bertz CT molecular complexity index is 532. The van der Waals surface area contributed by atoms with E-state index in [4.69, 9.17) is 0 Å². The van der Waals surface area contributed by atoms with Gasteiger partial charge >= 0.3 is 0 Å². The SMILES string of the molecule is CCCCCC[C@H](C)NC(=O)c1ccc(C2CC2)[nH]c1=O. The molecule has 4 nitrogen and oxygen atoms in total. The average molecular weight is 290 g/mol. The van der Waals surface area contributed by atoms with Crippen molar-refractivity contribution >= 4 is 5.91 Å². The van der Waals surface area contributed by atoms with Gasteiger partial charge in [-0.15, -0.1) is 0 Å². The van der Waals surface area contributed by atoms with Crippen LogP contribution < -0.4 is 10.9 Å². The largest absolute Gasteiger partial charge is 0.349 e. The first-order valence-electron chi connectivity index (χ1n) is 8.16. The number of amides is 1. The number of carbonyl (C=O) groups excluding carboxylic acids is 1. The molecule has 0 aliphatic heterocycles. The van der Waals surface area contributed by atoms with Gasteiger partial charge < -0.3 is 10.3 Å². The number of rotatable bonds is 8. The number of pyridine rings is 1. The summed E-state index contributed by atoms with van der Waals surface area (Å²) in [7, 11) is 0. The van der Waals surface area contributed by atoms with Gasteiger partial charge in [-0.05, 0) is 44.2 Å². The van der Waals surface area contributed by atoms with Crippen molar-refractivity contribution in [3.05, 3.63) is 33.7 Å². The predicted molar refractivity (Wildman–Crippen MR) is 84.7 cm³/mol. The number of hydrogen-bond donors (Lipinski definition) is 2. The maximum absolute atomic E-state index is 12.1. The Labute approximate surface area is 126 Å². The lowest BCUT2D eigenvalue weighted by molar-refractivity contribution is 0.0936. The van der Waals surface area contributed by atoms with Crippen molar-refractivity contribution in [1.82, 2.24) is 10.3 Å². The van der Waals surface area contributed by atoms with Crippen molar-refractivity contribution in [2.45, 2.75) is 70.8 Å². The molecule has 21 heavy (non-hydrogen) atoms. The fourth-order valence-electron chi connectivity index (χ4n) is 2.55. The molecule has 1 aliphatic rings. The van der Waals surface area contributed by atoms with Gasteiger partial charge in [-0.25, -0.2) is 0 Å². The average Bonchev–Trinajstić information content (AvgIpc) is 3.28. The molecule has 4 heteroatoms. The molecule has 0 spiro atoms. The van der Waals surface area contributed by atoms with Gasteiger partial charge in [-0.1, -0.05) is 32.6 Å². The normalized spacial score (nSPS) is 15.7. The first-order valence-corrected chi connectivity index (χ1v) is 8.16. The molecule has 0 aromatic carbocycles. The van der Waals surface area contributed by atoms with Crippen molar-refractivity contribution in [3.63, 3.8) is 0 Å². The Hall–Kier alpha value is -1.58. The summed E-state index contributed by atoms with van der Waals surface area (Å²) in [6.07, 6.45) is 8.00. The van der Waals surface area contributed by atoms with Crippen LogP contribution in [0.2, 0.25) is 0 Å². The van der Waals surface area contributed by atoms with E-state index in [9.17, 15) is 9.59 Å². The third-order valence-corrected chi connectivity index (χ3v) is 4.06. The Morgan fingerprint density at radius 2 is 2.10 bits per heavy atom. The van der Waals surface area contributed by atoms with Crippen molar-refractivity contribution in [2.24, 2.45) is 0 Å². The van der Waals surface area contributed by atoms with Gasteiger partial charge in [0.2, 0.25) is 0 Å². The molecule has 1 aliphatic carbocycles. The fraction of sp³-hybridized carbons (Fsp3) is 0.647. The molecular weight excluding hydrogens is 264 g/mol. The second-order valence-electron chi connectivity index (χ2n) is 6.15. The zero-order valence-electron chi connectivity index (χ0n) is 13.1. The van der Waals surface area contributed by atoms with E-state index in [1.165, 1.54) is 19.3 Å². The van der Waals surface area contributed by atoms with Gasteiger partial charge in [0, 0.05) is 11.7 Å². The molecule has 116 valence electrons. The third kappa shape index (κ3) is 4.73. The number of nitrogens with one attached hydrogen (secondary N) is 2. The number of H-pyrrole nitrogens is 1. The van der Waals surface area contributed by atoms with Crippen LogP contribution in [0.5, 0.6) is 0 Å². The van der Waals surface area contributed by atoms with E-state index in [0.717, 1.165) is 31.4 Å². The molecule has 0 saturated heterocycles. The number of aromatic nitrogens is 1. The van der Waals surface area contributed by atoms with Crippen LogP contribution in [-0.2, 0) is 0 Å². The van der Waals surface area contributed by atoms with Crippen LogP contribution in [0.3, 0.4) is 0 Å². The zero-order valence-corrected chi connectivity index (χ0v) is 13.1. The topological polar surface area (TPSA) is 62.0 Å². The number of carbonyl (C=O) groups is 1. The highest BCUT2D eigenvalue weighted by Crippen LogP contribution is 2.38. The summed E-state index contributed by atoms with van der Waals surface area (Å²) in [4.78, 5) is 26.9. The van der Waals surface area contributed by atoms with Gasteiger partial charge in [0.25, 0.3) is 11.5 Å². The van der Waals surface area contributed by atoms with Crippen LogP contribution in [0.15, 0.2) is 16.9 Å². The van der Waals surface area contributed by atoms with Gasteiger partial charge in [-0.3, -0.25) is 9.59 Å². The highest BCUT2D eigenvalue weighted by Gasteiger charge is 2.25. The van der Waals surface area contributed by atoms with Crippen LogP contribution in [0.4, 0.5) is 0 Å². The predicted octanol–water partition coefficient (Wildman–Crippen LogP) is 3.34. The van der Waals surface area contributed by atoms with Crippen molar-refractivity contribution in [2.75, 3.05) is 0 Å². The first-order chi connectivity index (χ1) is 10.1. The molecule has 2 rings (SSSR count). The van der Waals surface area contributed by atoms with Crippen LogP contribution in [0.1, 0.15) is 80.8 Å². The number of hydrogen-bond acceptors (Lipinski definition) is 2. The maximum atomic E-state index is 12.1. The van der Waals surface area contributed by atoms with E-state index in [-0.39, 0.29) is 23.1 Å². The lowest BCUT2D eigenvalue weighted by atomic mass is 10.1. The minimum Gasteiger partial charge on any atom is -0.349 e. The molecule has 1 fully saturated rings. The second-order valence-corrected chi connectivity index (χ2v) is 6.15. The second kappa shape index (κ2) is 7.43. The highest BCUT2D eigenvalue weighted by atomic mass is 16.2. The summed E-state index contributed by atoms with van der Waals surface area (Å²) in [6, 6.07) is 3.64. The molecule has 1 aromatic rings. The van der Waals surface area contributed by atoms with Crippen LogP contribution in [0, 0.1) is 0 Å². The summed E-state index contributed by atoms with van der Waals surface area (Å²) in [5.74, 6) is 0.230. The fourth-order valence-corrected chi connectivity index (χ4v) is 2.55. The Kier molecular flexibility index (Phi) is 5.59. The Balaban J connectivity index is 1.86. The standard InChI is InChI=1S/C17H26N2O2/c1-3-4-5-6-7-12(2)18-16(20)14-10-11-15(13-8-9-13)19-17(14)21/h10-13H,3-9H2,1-2H3,(H,18,20)(H,19,21)/t12-/m0/s1. The van der Waals surface area contributed by atoms with Gasteiger partial charge in [0.1, 0.15) is 5.56 Å². The maximum Gasteiger partial charge on any atom is 0.261 e. The summed E-state index contributed by atoms with van der Waals surface area (Å²) >= 11 is 0. The molecule has 1 atom stereocenters. The summed E-state index contributed by atoms with van der Waals surface area (Å²) in [5.41, 5.74) is 0.916. The molecule has 2 N–H and O–H groups in total. The Morgan fingerprint density at radius 1 is 1.33 bits per heavy atom. The Morgan fingerprint density at radius 3 is 2.71 bits per heavy atom. The van der Waals surface area contributed by atoms with Gasteiger partial charge in [0.05, 0.1) is 0 Å². The summed E-state index contributed by atoms with van der Waals surface area (Å²) in [5, 5.41) is 2.92. The summed E-state index contributed by atoms with van der Waals surface area (Å²) in [6.45, 7) is 4.18. The minimum absolute atomic E-state index is 0.108. The van der Waals surface area contributed by atoms with Crippen molar-refractivity contribution < 1.29 is 4.79 Å². The van der Waals surface area contributed by atoms with Crippen molar-refractivity contribution in [3.8, 4) is 0 Å². The van der Waals surface area contributed by atoms with E-state index in [1.54, 1.807) is 6.07 Å². The molecule has 1 saturated carbocycles. The van der Waals surface area contributed by atoms with E-state index in [0.29, 0.717) is 5.92 Å². The molecule has 1 heterocycles. The smallest absolute Gasteiger partial charge is 0.261 e. The number of unbranched alkanes of at least 4 members (excludes halogenated alkanes) is 3. The number of aromatic amines is 1. The molecule has 1 amide bonds. The molecular formula is C17H26N2O2. The monoisotopic (exact) mass is 290 g/mol. The van der Waals surface area contributed by atoms with Crippen LogP contribution >= 0.6 is 0 Å². The van der Waals surface area contributed by atoms with E-state index in [2.05, 4.69) is 17.2 Å². The van der Waals surface area contributed by atoms with Gasteiger partial charge in [-0.2, -0.15) is 0 Å². The lowest BCUT2D eigenvalue weighted by Gasteiger charge is -2.13. The van der Waals surface area contributed by atoms with Crippen molar-refractivity contribution in [1.29, 1.82) is 0 Å². The molecule has 0 radical (unpaired) electrons. The van der Waals surface area contributed by atoms with E-state index < -0.39 is 0 Å². The molecule has 1 aromatic heterocycles. The van der Waals surface area contributed by atoms with Crippen LogP contribution in [-0.4, -0.2) is 16.9 Å². The molecule has 0 bridgehead atoms. The van der Waals surface area contributed by atoms with Crippen LogP contribution in [0.25, 0.3) is 0 Å². The third-order valence-electron chi connectivity index (χ3n) is 4.06. The van der Waals surface area contributed by atoms with Gasteiger partial charge in [0.15, 0.2) is 0 Å². The van der Waals surface area contributed by atoms with E-state index >= 15 is 0 Å². The quantitative estimate of drug-likeness (QED) is 0.721. The lowest BCUT2D eigenvalue weighted by Crippen LogP contribution is -2.36. The zero-order chi connectivity index (χ0) is 15.2. The van der Waals surface area contributed by atoms with E-state index in [1.807, 2.05) is 13.0 Å². The summed E-state index contributed by atoms with van der Waals surface area (Å²) < 4.78 is 0. The molecule has 0 unspecified atom stereocenters. The highest BCUT2D eigenvalue weighted by molar-refractivity contribution is 5.93.